The molecule has 5 aromatic rings. The van der Waals surface area contributed by atoms with E-state index in [2.05, 4.69) is 126 Å². The minimum absolute atomic E-state index is 0.326. The Kier molecular flexibility index (Phi) is 5.86. The number of benzene rings is 5. The summed E-state index contributed by atoms with van der Waals surface area (Å²) in [5, 5.41) is 5.13. The van der Waals surface area contributed by atoms with Gasteiger partial charge in [-0.1, -0.05) is 103 Å². The summed E-state index contributed by atoms with van der Waals surface area (Å²) in [6, 6.07) is 39.6. The van der Waals surface area contributed by atoms with Crippen LogP contribution in [0, 0.1) is 0 Å². The summed E-state index contributed by atoms with van der Waals surface area (Å²) in [6.07, 6.45) is 8.23. The van der Waals surface area contributed by atoms with E-state index in [0.717, 1.165) is 19.4 Å². The van der Waals surface area contributed by atoms with Crippen molar-refractivity contribution < 1.29 is 0 Å². The first-order valence-electron chi connectivity index (χ1n) is 12.4. The molecule has 6 rings (SSSR count). The van der Waals surface area contributed by atoms with Gasteiger partial charge in [-0.25, -0.2) is 0 Å². The number of nitrogens with zero attached hydrogens (tertiary/aromatic N) is 2. The van der Waals surface area contributed by atoms with Gasteiger partial charge in [-0.05, 0) is 52.9 Å². The highest BCUT2D eigenvalue weighted by Crippen LogP contribution is 2.45. The largest absolute Gasteiger partial charge is 0.340 e. The Morgan fingerprint density at radius 3 is 1.83 bits per heavy atom. The smallest absolute Gasteiger partial charge is 0.0570 e. The fourth-order valence-electron chi connectivity index (χ4n) is 5.29. The van der Waals surface area contributed by atoms with E-state index in [-0.39, 0.29) is 0 Å². The molecule has 2 heteroatoms. The summed E-state index contributed by atoms with van der Waals surface area (Å²) >= 11 is 0. The number of hydrogen-bond acceptors (Lipinski definition) is 2. The van der Waals surface area contributed by atoms with Gasteiger partial charge in [0, 0.05) is 29.2 Å². The van der Waals surface area contributed by atoms with Crippen LogP contribution >= 0.6 is 0 Å². The quantitative estimate of drug-likeness (QED) is 0.236. The van der Waals surface area contributed by atoms with Crippen LogP contribution < -0.4 is 4.90 Å². The van der Waals surface area contributed by atoms with Crippen molar-refractivity contribution in [1.29, 1.82) is 0 Å². The fourth-order valence-corrected chi connectivity index (χ4v) is 5.29. The molecule has 35 heavy (non-hydrogen) atoms. The van der Waals surface area contributed by atoms with Crippen LogP contribution in [0.5, 0.6) is 0 Å². The van der Waals surface area contributed by atoms with Crippen molar-refractivity contribution in [3.05, 3.63) is 121 Å². The number of rotatable bonds is 6. The molecule has 0 saturated carbocycles. The molecular weight excluding hydrogens is 424 g/mol. The van der Waals surface area contributed by atoms with Gasteiger partial charge in [0.25, 0.3) is 0 Å². The lowest BCUT2D eigenvalue weighted by molar-refractivity contribution is 0.626. The highest BCUT2D eigenvalue weighted by molar-refractivity contribution is 6.21. The lowest BCUT2D eigenvalue weighted by Gasteiger charge is -2.30. The second kappa shape index (κ2) is 9.60. The molecule has 0 aliphatic carbocycles. The van der Waals surface area contributed by atoms with Crippen LogP contribution in [0.4, 0.5) is 11.4 Å². The van der Waals surface area contributed by atoms with Crippen molar-refractivity contribution in [2.24, 2.45) is 4.99 Å². The minimum atomic E-state index is 0.326. The second-order valence-corrected chi connectivity index (χ2v) is 9.07. The van der Waals surface area contributed by atoms with E-state index in [9.17, 15) is 0 Å². The maximum atomic E-state index is 4.73. The highest BCUT2D eigenvalue weighted by atomic mass is 15.1. The highest BCUT2D eigenvalue weighted by Gasteiger charge is 2.21. The zero-order valence-corrected chi connectivity index (χ0v) is 19.7. The topological polar surface area (TPSA) is 15.6 Å². The van der Waals surface area contributed by atoms with E-state index in [4.69, 9.17) is 4.99 Å². The maximum Gasteiger partial charge on any atom is 0.0570 e. The predicted molar refractivity (Wildman–Crippen MR) is 151 cm³/mol. The van der Waals surface area contributed by atoms with E-state index in [1.165, 1.54) is 44.0 Å². The Labute approximate surface area is 206 Å². The summed E-state index contributed by atoms with van der Waals surface area (Å²) in [7, 11) is 0. The van der Waals surface area contributed by atoms with Gasteiger partial charge >= 0.3 is 0 Å². The monoisotopic (exact) mass is 452 g/mol. The molecule has 2 nitrogen and oxygen atoms in total. The van der Waals surface area contributed by atoms with E-state index >= 15 is 0 Å². The summed E-state index contributed by atoms with van der Waals surface area (Å²) < 4.78 is 0. The molecule has 0 saturated heterocycles. The molecule has 0 amide bonds. The summed E-state index contributed by atoms with van der Waals surface area (Å²) in [6.45, 7) is 0.901. The average Bonchev–Trinajstić information content (AvgIpc) is 2.94. The lowest BCUT2D eigenvalue weighted by atomic mass is 9.90. The Bertz CT molecular complexity index is 1460. The molecule has 1 aliphatic rings. The number of para-hydroxylation sites is 1. The normalized spacial score (nSPS) is 15.0. The van der Waals surface area contributed by atoms with Gasteiger partial charge < -0.3 is 4.90 Å². The van der Waals surface area contributed by atoms with Crippen LogP contribution in [0.15, 0.2) is 126 Å². The molecule has 1 aliphatic heterocycles. The molecule has 170 valence electrons. The molecular formula is C33H28N2. The Morgan fingerprint density at radius 1 is 0.657 bits per heavy atom. The van der Waals surface area contributed by atoms with Crippen LogP contribution in [0.25, 0.3) is 32.7 Å². The van der Waals surface area contributed by atoms with Crippen LogP contribution in [0.2, 0.25) is 0 Å². The number of fused-ring (bicyclic) bond motifs is 2. The number of anilines is 2. The van der Waals surface area contributed by atoms with Gasteiger partial charge in [-0.15, -0.1) is 0 Å². The molecule has 1 atom stereocenters. The summed E-state index contributed by atoms with van der Waals surface area (Å²) in [4.78, 5) is 7.24. The van der Waals surface area contributed by atoms with Gasteiger partial charge in [0.2, 0.25) is 0 Å². The van der Waals surface area contributed by atoms with Crippen molar-refractivity contribution in [3.63, 3.8) is 0 Å². The summed E-state index contributed by atoms with van der Waals surface area (Å²) in [5.41, 5.74) is 5.04. The van der Waals surface area contributed by atoms with Crippen LogP contribution in [0.3, 0.4) is 0 Å². The minimum Gasteiger partial charge on any atom is -0.340 e. The third-order valence-corrected chi connectivity index (χ3v) is 6.92. The third kappa shape index (κ3) is 4.13. The first kappa shape index (κ1) is 21.4. The number of allylic oxidation sites excluding steroid dienone is 1. The molecule has 1 unspecified atom stereocenters. The molecule has 0 fully saturated rings. The van der Waals surface area contributed by atoms with E-state index in [1.807, 2.05) is 6.21 Å². The SMILES string of the molecule is C1=CCC(CCN(c2ccccc2)c2c3ccccc3c(-c3ccccc3)c3ccccc23)N=C1. The van der Waals surface area contributed by atoms with Crippen molar-refractivity contribution in [3.8, 4) is 11.1 Å². The second-order valence-electron chi connectivity index (χ2n) is 9.07. The average molecular weight is 453 g/mol. The Balaban J connectivity index is 1.60. The first-order chi connectivity index (χ1) is 17.4. The Morgan fingerprint density at radius 2 is 1.23 bits per heavy atom. The zero-order chi connectivity index (χ0) is 23.5. The molecule has 0 spiro atoms. The lowest BCUT2D eigenvalue weighted by Crippen LogP contribution is -2.23. The molecule has 0 radical (unpaired) electrons. The van der Waals surface area contributed by atoms with Gasteiger partial charge in [0.1, 0.15) is 0 Å². The molecule has 0 aromatic heterocycles. The van der Waals surface area contributed by atoms with Gasteiger partial charge in [-0.3, -0.25) is 4.99 Å². The van der Waals surface area contributed by atoms with Crippen LogP contribution in [-0.2, 0) is 0 Å². The van der Waals surface area contributed by atoms with Crippen molar-refractivity contribution in [1.82, 2.24) is 0 Å². The van der Waals surface area contributed by atoms with Crippen LogP contribution in [-0.4, -0.2) is 18.8 Å². The number of hydrogen-bond donors (Lipinski definition) is 0. The molecule has 0 bridgehead atoms. The number of aliphatic imine (C=N–C) groups is 1. The van der Waals surface area contributed by atoms with Crippen molar-refractivity contribution in [2.45, 2.75) is 18.9 Å². The molecule has 5 aromatic carbocycles. The van der Waals surface area contributed by atoms with E-state index in [0.29, 0.717) is 6.04 Å². The van der Waals surface area contributed by atoms with Crippen LogP contribution in [0.1, 0.15) is 12.8 Å². The standard InChI is InChI=1S/C33H28N2/c1-3-13-25(14-4-1)32-28-18-7-9-20-30(28)33(31-21-10-8-19-29(31)32)35(27-16-5-2-6-17-27)24-22-26-15-11-12-23-34-26/h1-14,16-21,23,26H,15,22,24H2. The van der Waals surface area contributed by atoms with E-state index < -0.39 is 0 Å². The van der Waals surface area contributed by atoms with E-state index in [1.54, 1.807) is 0 Å². The zero-order valence-electron chi connectivity index (χ0n) is 19.7. The number of dihydropyridines is 1. The Hall–Kier alpha value is -4.17. The maximum absolute atomic E-state index is 4.73. The first-order valence-corrected chi connectivity index (χ1v) is 12.4. The van der Waals surface area contributed by atoms with Crippen molar-refractivity contribution in [2.75, 3.05) is 11.4 Å². The molecule has 1 heterocycles. The predicted octanol–water partition coefficient (Wildman–Crippen LogP) is 8.59. The molecule has 0 N–H and O–H groups in total. The van der Waals surface area contributed by atoms with Gasteiger partial charge in [0.15, 0.2) is 0 Å². The van der Waals surface area contributed by atoms with Gasteiger partial charge in [0.05, 0.1) is 11.7 Å². The van der Waals surface area contributed by atoms with Crippen molar-refractivity contribution >= 4 is 39.1 Å². The van der Waals surface area contributed by atoms with Gasteiger partial charge in [-0.2, -0.15) is 0 Å². The fraction of sp³-hybridized carbons (Fsp3) is 0.121. The summed E-state index contributed by atoms with van der Waals surface area (Å²) in [5.74, 6) is 0. The third-order valence-electron chi connectivity index (χ3n) is 6.92.